The second-order valence-corrected chi connectivity index (χ2v) is 7.11. The number of halogens is 1. The van der Waals surface area contributed by atoms with Crippen LogP contribution in [-0.2, 0) is 0 Å². The van der Waals surface area contributed by atoms with Gasteiger partial charge >= 0.3 is 0 Å². The molecule has 2 N–H and O–H groups in total. The summed E-state index contributed by atoms with van der Waals surface area (Å²) >= 11 is 5.96. The van der Waals surface area contributed by atoms with Crippen LogP contribution in [0.3, 0.4) is 0 Å². The van der Waals surface area contributed by atoms with Crippen LogP contribution in [-0.4, -0.2) is 47.0 Å². The zero-order valence-corrected chi connectivity index (χ0v) is 15.7. The topological polar surface area (TPSA) is 61.0 Å². The smallest absolute Gasteiger partial charge is 0.251 e. The van der Waals surface area contributed by atoms with Crippen LogP contribution in [0, 0.1) is 0 Å². The van der Waals surface area contributed by atoms with Gasteiger partial charge in [0, 0.05) is 36.8 Å². The van der Waals surface area contributed by atoms with Gasteiger partial charge < -0.3 is 10.3 Å². The van der Waals surface area contributed by atoms with Crippen LogP contribution in [0.25, 0.3) is 16.6 Å². The average Bonchev–Trinajstić information content (AvgIpc) is 3.17. The molecule has 1 aromatic heterocycles. The maximum Gasteiger partial charge on any atom is 0.251 e. The van der Waals surface area contributed by atoms with E-state index >= 15 is 0 Å². The molecule has 0 atom stereocenters. The van der Waals surface area contributed by atoms with Gasteiger partial charge in [0.05, 0.1) is 17.4 Å². The lowest BCUT2D eigenvalue weighted by atomic mass is 9.99. The van der Waals surface area contributed by atoms with Gasteiger partial charge in [0.1, 0.15) is 0 Å². The Morgan fingerprint density at radius 1 is 1.22 bits per heavy atom. The number of nitrogens with zero attached hydrogens (tertiary/aromatic N) is 2. The summed E-state index contributed by atoms with van der Waals surface area (Å²) in [5, 5.41) is 3.77. The van der Waals surface area contributed by atoms with E-state index in [2.05, 4.69) is 38.4 Å². The number of benzene rings is 2. The minimum absolute atomic E-state index is 0.0547. The molecule has 0 radical (unpaired) electrons. The van der Waals surface area contributed by atoms with Crippen molar-refractivity contribution in [3.05, 3.63) is 71.0 Å². The fraction of sp³-hybridized carbons (Fsp3) is 0.238. The highest BCUT2D eigenvalue weighted by Crippen LogP contribution is 2.23. The van der Waals surface area contributed by atoms with Crippen molar-refractivity contribution in [2.24, 2.45) is 0 Å². The molecule has 0 saturated carbocycles. The van der Waals surface area contributed by atoms with Gasteiger partial charge in [0.2, 0.25) is 0 Å². The maximum atomic E-state index is 12.3. The summed E-state index contributed by atoms with van der Waals surface area (Å²) in [5.74, 6) is -0.0547. The first kappa shape index (κ1) is 17.8. The minimum Gasteiger partial charge on any atom is -0.351 e. The largest absolute Gasteiger partial charge is 0.351 e. The van der Waals surface area contributed by atoms with Gasteiger partial charge in [0.15, 0.2) is 0 Å². The fourth-order valence-corrected chi connectivity index (χ4v) is 3.47. The molecule has 0 spiro atoms. The standard InChI is InChI=1S/C21H21ClN4O/c22-18-4-1-15(2-5-18)16-7-10-26(11-8-16)12-9-23-21(27)17-3-6-19-20(13-17)25-14-24-19/h1-7,13-14H,8-12H2,(H,23,27)(H,24,25). The molecule has 5 nitrogen and oxygen atoms in total. The first-order valence-corrected chi connectivity index (χ1v) is 9.45. The number of imidazole rings is 1. The summed E-state index contributed by atoms with van der Waals surface area (Å²) in [7, 11) is 0. The molecule has 0 fully saturated rings. The van der Waals surface area contributed by atoms with Gasteiger partial charge in [0.25, 0.3) is 5.91 Å². The molecule has 1 aliphatic rings. The van der Waals surface area contributed by atoms with Crippen molar-refractivity contribution < 1.29 is 4.79 Å². The number of H-pyrrole nitrogens is 1. The summed E-state index contributed by atoms with van der Waals surface area (Å²) in [6.07, 6.45) is 4.90. The van der Waals surface area contributed by atoms with E-state index in [-0.39, 0.29) is 5.91 Å². The molecule has 4 rings (SSSR count). The summed E-state index contributed by atoms with van der Waals surface area (Å²) in [4.78, 5) is 21.9. The van der Waals surface area contributed by atoms with Crippen LogP contribution in [0.5, 0.6) is 0 Å². The third-order valence-corrected chi connectivity index (χ3v) is 5.16. The van der Waals surface area contributed by atoms with E-state index in [0.29, 0.717) is 12.1 Å². The van der Waals surface area contributed by atoms with E-state index in [0.717, 1.165) is 42.1 Å². The predicted molar refractivity (Wildman–Crippen MR) is 109 cm³/mol. The number of aromatic amines is 1. The highest BCUT2D eigenvalue weighted by Gasteiger charge is 2.13. The summed E-state index contributed by atoms with van der Waals surface area (Å²) in [6, 6.07) is 13.5. The van der Waals surface area contributed by atoms with Crippen LogP contribution in [0.15, 0.2) is 54.9 Å². The Bertz CT molecular complexity index is 977. The van der Waals surface area contributed by atoms with Gasteiger partial charge in [-0.1, -0.05) is 29.8 Å². The first-order valence-electron chi connectivity index (χ1n) is 9.08. The monoisotopic (exact) mass is 380 g/mol. The molecule has 2 heterocycles. The number of carbonyl (C=O) groups is 1. The Morgan fingerprint density at radius 2 is 2.07 bits per heavy atom. The van der Waals surface area contributed by atoms with Crippen LogP contribution in [0.1, 0.15) is 22.3 Å². The lowest BCUT2D eigenvalue weighted by Gasteiger charge is -2.26. The van der Waals surface area contributed by atoms with Gasteiger partial charge in [-0.05, 0) is 47.9 Å². The van der Waals surface area contributed by atoms with E-state index in [1.807, 2.05) is 24.3 Å². The summed E-state index contributed by atoms with van der Waals surface area (Å²) in [5.41, 5.74) is 4.98. The van der Waals surface area contributed by atoms with Gasteiger partial charge in [-0.25, -0.2) is 4.98 Å². The molecule has 0 saturated heterocycles. The van der Waals surface area contributed by atoms with E-state index in [4.69, 9.17) is 11.6 Å². The Labute approximate surface area is 163 Å². The van der Waals surface area contributed by atoms with E-state index in [1.54, 1.807) is 12.4 Å². The van der Waals surface area contributed by atoms with E-state index < -0.39 is 0 Å². The highest BCUT2D eigenvalue weighted by molar-refractivity contribution is 6.30. The molecular weight excluding hydrogens is 360 g/mol. The predicted octanol–water partition coefficient (Wildman–Crippen LogP) is 3.74. The molecule has 0 unspecified atom stereocenters. The van der Waals surface area contributed by atoms with E-state index in [1.165, 1.54) is 11.1 Å². The van der Waals surface area contributed by atoms with Crippen LogP contribution < -0.4 is 5.32 Å². The lowest BCUT2D eigenvalue weighted by Crippen LogP contribution is -2.37. The van der Waals surface area contributed by atoms with Crippen LogP contribution in [0.2, 0.25) is 5.02 Å². The Morgan fingerprint density at radius 3 is 2.85 bits per heavy atom. The maximum absolute atomic E-state index is 12.3. The molecule has 0 aliphatic carbocycles. The molecule has 1 amide bonds. The van der Waals surface area contributed by atoms with Crippen molar-refractivity contribution in [3.63, 3.8) is 0 Å². The molecule has 2 aromatic carbocycles. The number of amides is 1. The second-order valence-electron chi connectivity index (χ2n) is 6.68. The van der Waals surface area contributed by atoms with Crippen molar-refractivity contribution in [3.8, 4) is 0 Å². The SMILES string of the molecule is O=C(NCCN1CC=C(c2ccc(Cl)cc2)CC1)c1ccc2nc[nH]c2c1. The molecule has 3 aromatic rings. The Balaban J connectivity index is 1.27. The average molecular weight is 381 g/mol. The summed E-state index contributed by atoms with van der Waals surface area (Å²) in [6.45, 7) is 3.35. The number of carbonyl (C=O) groups excluding carboxylic acids is 1. The first-order chi connectivity index (χ1) is 13.2. The molecule has 1 aliphatic heterocycles. The molecule has 0 bridgehead atoms. The molecule has 27 heavy (non-hydrogen) atoms. The third-order valence-electron chi connectivity index (χ3n) is 4.90. The third kappa shape index (κ3) is 4.21. The van der Waals surface area contributed by atoms with Crippen molar-refractivity contribution in [2.45, 2.75) is 6.42 Å². The number of nitrogens with one attached hydrogen (secondary N) is 2. The van der Waals surface area contributed by atoms with Crippen molar-refractivity contribution in [1.82, 2.24) is 20.2 Å². The Hall–Kier alpha value is -2.63. The number of aromatic nitrogens is 2. The minimum atomic E-state index is -0.0547. The van der Waals surface area contributed by atoms with Crippen molar-refractivity contribution in [1.29, 1.82) is 0 Å². The molecule has 138 valence electrons. The fourth-order valence-electron chi connectivity index (χ4n) is 3.35. The summed E-state index contributed by atoms with van der Waals surface area (Å²) < 4.78 is 0. The Kier molecular flexibility index (Phi) is 5.23. The number of hydrogen-bond donors (Lipinski definition) is 2. The van der Waals surface area contributed by atoms with Gasteiger partial charge in [-0.3, -0.25) is 9.69 Å². The van der Waals surface area contributed by atoms with E-state index in [9.17, 15) is 4.79 Å². The molecular formula is C21H21ClN4O. The van der Waals surface area contributed by atoms with Crippen LogP contribution in [0.4, 0.5) is 0 Å². The zero-order valence-electron chi connectivity index (χ0n) is 14.9. The van der Waals surface area contributed by atoms with Crippen molar-refractivity contribution in [2.75, 3.05) is 26.2 Å². The number of hydrogen-bond acceptors (Lipinski definition) is 3. The lowest BCUT2D eigenvalue weighted by molar-refractivity contribution is 0.0949. The highest BCUT2D eigenvalue weighted by atomic mass is 35.5. The quantitative estimate of drug-likeness (QED) is 0.708. The second kappa shape index (κ2) is 7.94. The normalized spacial score (nSPS) is 14.9. The van der Waals surface area contributed by atoms with Gasteiger partial charge in [-0.2, -0.15) is 0 Å². The number of rotatable bonds is 5. The van der Waals surface area contributed by atoms with Crippen molar-refractivity contribution >= 4 is 34.1 Å². The van der Waals surface area contributed by atoms with Crippen LogP contribution >= 0.6 is 11.6 Å². The zero-order chi connectivity index (χ0) is 18.6. The number of fused-ring (bicyclic) bond motifs is 1. The van der Waals surface area contributed by atoms with Gasteiger partial charge in [-0.15, -0.1) is 0 Å². The molecule has 6 heteroatoms.